The number of nitrogens with zero attached hydrogens (tertiary/aromatic N) is 3. The summed E-state index contributed by atoms with van der Waals surface area (Å²) in [6.07, 6.45) is 1.92. The van der Waals surface area contributed by atoms with Crippen molar-refractivity contribution in [1.29, 1.82) is 5.26 Å². The second-order valence-electron chi connectivity index (χ2n) is 9.06. The fourth-order valence-corrected chi connectivity index (χ4v) is 5.22. The van der Waals surface area contributed by atoms with Gasteiger partial charge in [0.25, 0.3) is 11.8 Å². The van der Waals surface area contributed by atoms with Crippen molar-refractivity contribution < 1.29 is 23.9 Å². The molecule has 0 unspecified atom stereocenters. The number of hydrogen-bond donors (Lipinski definition) is 0. The summed E-state index contributed by atoms with van der Waals surface area (Å²) in [4.78, 5) is 55.6. The van der Waals surface area contributed by atoms with Crippen molar-refractivity contribution in [2.75, 3.05) is 11.4 Å². The molecule has 0 spiro atoms. The zero-order valence-electron chi connectivity index (χ0n) is 17.0. The Kier molecular flexibility index (Phi) is 3.64. The van der Waals surface area contributed by atoms with Crippen molar-refractivity contribution in [3.63, 3.8) is 0 Å². The zero-order chi connectivity index (χ0) is 21.6. The largest absolute Gasteiger partial charge is 0.348 e. The summed E-state index contributed by atoms with van der Waals surface area (Å²) in [5, 5.41) is 9.14. The van der Waals surface area contributed by atoms with Crippen LogP contribution in [0, 0.1) is 36.0 Å². The van der Waals surface area contributed by atoms with Gasteiger partial charge < -0.3 is 4.74 Å². The van der Waals surface area contributed by atoms with Crippen LogP contribution in [0.15, 0.2) is 18.2 Å². The van der Waals surface area contributed by atoms with Gasteiger partial charge >= 0.3 is 0 Å². The molecule has 1 saturated carbocycles. The van der Waals surface area contributed by atoms with Crippen molar-refractivity contribution in [2.45, 2.75) is 44.8 Å². The molecular weight excluding hydrogens is 386 g/mol. The van der Waals surface area contributed by atoms with E-state index in [1.54, 1.807) is 19.1 Å². The Bertz CT molecular complexity index is 1040. The van der Waals surface area contributed by atoms with Crippen LogP contribution in [0.5, 0.6) is 0 Å². The molecule has 4 amide bonds. The predicted octanol–water partition coefficient (Wildman–Crippen LogP) is 1.30. The van der Waals surface area contributed by atoms with Crippen LogP contribution in [-0.2, 0) is 23.9 Å². The number of imide groups is 2. The fraction of sp³-hybridized carbons (Fsp3) is 0.500. The number of ether oxygens (including phenoxy) is 1. The molecule has 8 nitrogen and oxygen atoms in total. The van der Waals surface area contributed by atoms with Gasteiger partial charge in [0.05, 0.1) is 29.2 Å². The Morgan fingerprint density at radius 3 is 2.10 bits per heavy atom. The summed E-state index contributed by atoms with van der Waals surface area (Å²) in [6.45, 7) is 5.07. The quantitative estimate of drug-likeness (QED) is 0.699. The van der Waals surface area contributed by atoms with E-state index in [2.05, 4.69) is 6.07 Å². The van der Waals surface area contributed by atoms with Gasteiger partial charge in [-0.05, 0) is 63.3 Å². The zero-order valence-corrected chi connectivity index (χ0v) is 17.0. The minimum absolute atomic E-state index is 0.284. The summed E-state index contributed by atoms with van der Waals surface area (Å²) in [5.74, 6) is -4.01. The molecule has 4 fully saturated rings. The fourth-order valence-electron chi connectivity index (χ4n) is 5.22. The first-order valence-corrected chi connectivity index (χ1v) is 10.1. The molecule has 0 N–H and O–H groups in total. The van der Waals surface area contributed by atoms with Crippen LogP contribution in [-0.4, -0.2) is 46.3 Å². The maximum absolute atomic E-state index is 13.4. The molecule has 3 saturated heterocycles. The molecule has 154 valence electrons. The first kappa shape index (κ1) is 18.9. The van der Waals surface area contributed by atoms with Crippen molar-refractivity contribution in [3.05, 3.63) is 29.3 Å². The molecule has 1 aliphatic carbocycles. The number of rotatable bonds is 3. The number of anilines is 1. The van der Waals surface area contributed by atoms with Crippen molar-refractivity contribution >= 4 is 29.3 Å². The number of aryl methyl sites for hydroxylation is 1. The van der Waals surface area contributed by atoms with Crippen LogP contribution in [0.2, 0.25) is 0 Å². The molecule has 1 aromatic carbocycles. The Hall–Kier alpha value is -3.05. The van der Waals surface area contributed by atoms with Gasteiger partial charge in [-0.15, -0.1) is 0 Å². The van der Waals surface area contributed by atoms with E-state index in [1.165, 1.54) is 24.8 Å². The Morgan fingerprint density at radius 1 is 1.07 bits per heavy atom. The van der Waals surface area contributed by atoms with Gasteiger partial charge in [-0.1, -0.05) is 0 Å². The number of fused-ring (bicyclic) bond motifs is 5. The van der Waals surface area contributed by atoms with E-state index in [1.807, 2.05) is 0 Å². The molecule has 0 radical (unpaired) electrons. The summed E-state index contributed by atoms with van der Waals surface area (Å²) in [6, 6.07) is 6.73. The van der Waals surface area contributed by atoms with Crippen molar-refractivity contribution in [2.24, 2.45) is 17.8 Å². The van der Waals surface area contributed by atoms with E-state index in [0.717, 1.165) is 17.7 Å². The number of hydrogen-bond acceptors (Lipinski definition) is 6. The van der Waals surface area contributed by atoms with Gasteiger partial charge in [-0.2, -0.15) is 5.26 Å². The maximum Gasteiger partial charge on any atom is 0.262 e. The lowest BCUT2D eigenvalue weighted by atomic mass is 9.78. The minimum atomic E-state index is -1.56. The standard InChI is InChI=1S/C22H21N3O5/c1-11-8-14(7-6-13(11)9-23)25-17(26)15-16(18(25)27)22(3)20(29)24(10-12-4-5-12)19(28)21(15,2)30-22/h6-8,12,15-16H,4-5,10H2,1-3H3/t15-,16+,21+,22-. The topological polar surface area (TPSA) is 108 Å². The lowest BCUT2D eigenvalue weighted by Crippen LogP contribution is -2.64. The normalized spacial score (nSPS) is 35.1. The molecule has 3 heterocycles. The first-order chi connectivity index (χ1) is 14.1. The first-order valence-electron chi connectivity index (χ1n) is 10.1. The number of carbonyl (C=O) groups excluding carboxylic acids is 4. The Balaban J connectivity index is 1.58. The molecule has 4 aliphatic rings. The van der Waals surface area contributed by atoms with E-state index < -0.39 is 46.7 Å². The maximum atomic E-state index is 13.4. The summed E-state index contributed by atoms with van der Waals surface area (Å²) < 4.78 is 5.93. The van der Waals surface area contributed by atoms with Gasteiger partial charge in [0, 0.05) is 6.54 Å². The lowest BCUT2D eigenvalue weighted by molar-refractivity contribution is -0.198. The molecule has 8 heteroatoms. The van der Waals surface area contributed by atoms with Gasteiger partial charge in [0.15, 0.2) is 11.2 Å². The Morgan fingerprint density at radius 2 is 1.63 bits per heavy atom. The third-order valence-electron chi connectivity index (χ3n) is 6.98. The second kappa shape index (κ2) is 5.76. The van der Waals surface area contributed by atoms with E-state index in [9.17, 15) is 19.2 Å². The van der Waals surface area contributed by atoms with Gasteiger partial charge in [-0.25, -0.2) is 4.90 Å². The van der Waals surface area contributed by atoms with Crippen LogP contribution in [0.3, 0.4) is 0 Å². The highest BCUT2D eigenvalue weighted by Crippen LogP contribution is 2.56. The lowest BCUT2D eigenvalue weighted by Gasteiger charge is -2.42. The minimum Gasteiger partial charge on any atom is -0.348 e. The highest BCUT2D eigenvalue weighted by Gasteiger charge is 2.78. The van der Waals surface area contributed by atoms with Crippen LogP contribution in [0.1, 0.15) is 37.8 Å². The Labute approximate surface area is 173 Å². The molecular formula is C22H21N3O5. The van der Waals surface area contributed by atoms with Gasteiger partial charge in [-0.3, -0.25) is 24.1 Å². The number of benzene rings is 1. The highest BCUT2D eigenvalue weighted by molar-refractivity contribution is 6.27. The number of carbonyl (C=O) groups is 4. The molecule has 4 atom stereocenters. The number of likely N-dealkylation sites (tertiary alicyclic amines) is 1. The number of amides is 4. The van der Waals surface area contributed by atoms with E-state index >= 15 is 0 Å². The van der Waals surface area contributed by atoms with E-state index in [4.69, 9.17) is 10.00 Å². The molecule has 2 bridgehead atoms. The monoisotopic (exact) mass is 407 g/mol. The SMILES string of the molecule is Cc1cc(N2C(=O)[C@@H]3[C@H](C2=O)[C@]2(C)O[C@@]3(C)C(=O)N(CC3CC3)C2=O)ccc1C#N. The number of nitriles is 1. The van der Waals surface area contributed by atoms with E-state index in [0.29, 0.717) is 23.4 Å². The van der Waals surface area contributed by atoms with Crippen molar-refractivity contribution in [3.8, 4) is 6.07 Å². The van der Waals surface area contributed by atoms with Crippen LogP contribution < -0.4 is 4.90 Å². The smallest absolute Gasteiger partial charge is 0.262 e. The van der Waals surface area contributed by atoms with Gasteiger partial charge in [0.1, 0.15) is 0 Å². The number of morpholine rings is 1. The average Bonchev–Trinajstić information content (AvgIpc) is 3.42. The molecule has 5 rings (SSSR count). The average molecular weight is 407 g/mol. The summed E-state index contributed by atoms with van der Waals surface area (Å²) in [5.41, 5.74) is -1.73. The molecule has 30 heavy (non-hydrogen) atoms. The summed E-state index contributed by atoms with van der Waals surface area (Å²) >= 11 is 0. The second-order valence-corrected chi connectivity index (χ2v) is 9.06. The third kappa shape index (κ3) is 2.18. The van der Waals surface area contributed by atoms with Gasteiger partial charge in [0.2, 0.25) is 11.8 Å². The highest BCUT2D eigenvalue weighted by atomic mass is 16.6. The third-order valence-corrected chi connectivity index (χ3v) is 6.98. The molecule has 1 aromatic rings. The van der Waals surface area contributed by atoms with E-state index in [-0.39, 0.29) is 5.92 Å². The predicted molar refractivity (Wildman–Crippen MR) is 103 cm³/mol. The summed E-state index contributed by atoms with van der Waals surface area (Å²) in [7, 11) is 0. The van der Waals surface area contributed by atoms with Crippen LogP contribution >= 0.6 is 0 Å². The molecule has 3 aliphatic heterocycles. The van der Waals surface area contributed by atoms with Crippen LogP contribution in [0.4, 0.5) is 5.69 Å². The molecule has 0 aromatic heterocycles. The van der Waals surface area contributed by atoms with Crippen LogP contribution in [0.25, 0.3) is 0 Å². The van der Waals surface area contributed by atoms with Crippen molar-refractivity contribution in [1.82, 2.24) is 4.90 Å².